The van der Waals surface area contributed by atoms with Crippen molar-refractivity contribution in [2.24, 2.45) is 7.05 Å². The van der Waals surface area contributed by atoms with Gasteiger partial charge < -0.3 is 0 Å². The molecule has 0 bridgehead atoms. The minimum Gasteiger partial charge on any atom is -0.278 e. The van der Waals surface area contributed by atoms with Crippen LogP contribution in [0.2, 0.25) is 0 Å². The number of urea groups is 1. The molecule has 1 saturated heterocycles. The number of hydrogen-bond acceptors (Lipinski definition) is 3. The van der Waals surface area contributed by atoms with Crippen LogP contribution in [0.5, 0.6) is 0 Å². The van der Waals surface area contributed by atoms with Crippen molar-refractivity contribution >= 4 is 28.7 Å². The molecule has 0 spiro atoms. The summed E-state index contributed by atoms with van der Waals surface area (Å²) in [5.41, 5.74) is 2.11. The van der Waals surface area contributed by atoms with Crippen LogP contribution in [0.3, 0.4) is 0 Å². The smallest absolute Gasteiger partial charge is 0.278 e. The maximum Gasteiger partial charge on any atom is 0.329 e. The van der Waals surface area contributed by atoms with Gasteiger partial charge in [-0.05, 0) is 18.6 Å². The number of aryl methyl sites for hydroxylation is 2. The van der Waals surface area contributed by atoms with Gasteiger partial charge in [-0.2, -0.15) is 5.10 Å². The molecule has 1 aliphatic heterocycles. The van der Waals surface area contributed by atoms with Crippen LogP contribution in [0.1, 0.15) is 12.0 Å². The molecule has 2 heterocycles. The van der Waals surface area contributed by atoms with Gasteiger partial charge in [0.1, 0.15) is 0 Å². The second kappa shape index (κ2) is 4.08. The van der Waals surface area contributed by atoms with E-state index in [9.17, 15) is 9.59 Å². The van der Waals surface area contributed by atoms with Crippen molar-refractivity contribution in [3.63, 3.8) is 0 Å². The van der Waals surface area contributed by atoms with E-state index in [0.29, 0.717) is 18.8 Å². The van der Waals surface area contributed by atoms with Crippen LogP contribution in [0.25, 0.3) is 10.9 Å². The van der Waals surface area contributed by atoms with Crippen LogP contribution in [0, 0.1) is 6.92 Å². The highest BCUT2D eigenvalue weighted by Crippen LogP contribution is 2.28. The topological polar surface area (TPSA) is 67.2 Å². The summed E-state index contributed by atoms with van der Waals surface area (Å²) in [7, 11) is 1.85. The van der Waals surface area contributed by atoms with Crippen molar-refractivity contribution in [3.8, 4) is 0 Å². The van der Waals surface area contributed by atoms with Gasteiger partial charge in [0.05, 0.1) is 5.52 Å². The number of hydrogen-bond donors (Lipinski definition) is 1. The van der Waals surface area contributed by atoms with Gasteiger partial charge in [0.25, 0.3) is 0 Å². The fourth-order valence-electron chi connectivity index (χ4n) is 2.48. The molecule has 1 fully saturated rings. The van der Waals surface area contributed by atoms with Crippen molar-refractivity contribution in [2.75, 3.05) is 11.4 Å². The SMILES string of the molecule is Cc1cccc2c(N3CCC(=O)NC3=O)nn(C)c12. The van der Waals surface area contributed by atoms with Gasteiger partial charge >= 0.3 is 6.03 Å². The summed E-state index contributed by atoms with van der Waals surface area (Å²) < 4.78 is 1.77. The highest BCUT2D eigenvalue weighted by Gasteiger charge is 2.27. The minimum atomic E-state index is -0.405. The predicted octanol–water partition coefficient (Wildman–Crippen LogP) is 1.33. The van der Waals surface area contributed by atoms with Crippen molar-refractivity contribution in [2.45, 2.75) is 13.3 Å². The van der Waals surface area contributed by atoms with E-state index in [1.165, 1.54) is 4.90 Å². The number of carbonyl (C=O) groups is 2. The first kappa shape index (κ1) is 11.7. The number of aromatic nitrogens is 2. The lowest BCUT2D eigenvalue weighted by Crippen LogP contribution is -2.49. The normalized spacial score (nSPS) is 16.0. The van der Waals surface area contributed by atoms with E-state index in [2.05, 4.69) is 10.4 Å². The van der Waals surface area contributed by atoms with E-state index >= 15 is 0 Å². The first-order chi connectivity index (χ1) is 9.08. The average Bonchev–Trinajstić information content (AvgIpc) is 2.68. The maximum absolute atomic E-state index is 11.9. The Bertz CT molecular complexity index is 689. The quantitative estimate of drug-likeness (QED) is 0.839. The molecule has 1 aromatic heterocycles. The molecule has 98 valence electrons. The molecule has 0 saturated carbocycles. The number of para-hydroxylation sites is 1. The molecule has 2 aromatic rings. The van der Waals surface area contributed by atoms with E-state index in [0.717, 1.165) is 16.5 Å². The van der Waals surface area contributed by atoms with Gasteiger partial charge in [0.2, 0.25) is 5.91 Å². The molecule has 3 rings (SSSR count). The first-order valence-corrected chi connectivity index (χ1v) is 6.11. The Morgan fingerprint density at radius 1 is 1.32 bits per heavy atom. The average molecular weight is 258 g/mol. The van der Waals surface area contributed by atoms with E-state index < -0.39 is 6.03 Å². The summed E-state index contributed by atoms with van der Waals surface area (Å²) >= 11 is 0. The first-order valence-electron chi connectivity index (χ1n) is 6.11. The molecule has 0 atom stereocenters. The molecule has 1 aliphatic rings. The zero-order valence-electron chi connectivity index (χ0n) is 10.8. The van der Waals surface area contributed by atoms with Gasteiger partial charge in [-0.1, -0.05) is 12.1 Å². The zero-order chi connectivity index (χ0) is 13.6. The van der Waals surface area contributed by atoms with Crippen molar-refractivity contribution < 1.29 is 9.59 Å². The molecule has 0 aliphatic carbocycles. The Morgan fingerprint density at radius 3 is 2.84 bits per heavy atom. The zero-order valence-corrected chi connectivity index (χ0v) is 10.8. The summed E-state index contributed by atoms with van der Waals surface area (Å²) in [6.07, 6.45) is 0.301. The number of nitrogens with zero attached hydrogens (tertiary/aromatic N) is 3. The Kier molecular flexibility index (Phi) is 2.51. The fourth-order valence-corrected chi connectivity index (χ4v) is 2.48. The van der Waals surface area contributed by atoms with Crippen LogP contribution in [0.4, 0.5) is 10.6 Å². The third kappa shape index (κ3) is 1.76. The third-order valence-electron chi connectivity index (χ3n) is 3.36. The summed E-state index contributed by atoms with van der Waals surface area (Å²) in [5.74, 6) is 0.365. The van der Waals surface area contributed by atoms with Crippen molar-refractivity contribution in [1.29, 1.82) is 0 Å². The monoisotopic (exact) mass is 258 g/mol. The lowest BCUT2D eigenvalue weighted by atomic mass is 10.1. The van der Waals surface area contributed by atoms with Gasteiger partial charge in [-0.15, -0.1) is 0 Å². The largest absolute Gasteiger partial charge is 0.329 e. The van der Waals surface area contributed by atoms with Crippen LogP contribution in [-0.2, 0) is 11.8 Å². The Morgan fingerprint density at radius 2 is 2.11 bits per heavy atom. The van der Waals surface area contributed by atoms with E-state index in [-0.39, 0.29) is 5.91 Å². The summed E-state index contributed by atoms with van der Waals surface area (Å²) in [6, 6.07) is 5.48. The fraction of sp³-hybridized carbons (Fsp3) is 0.308. The molecule has 6 heteroatoms. The third-order valence-corrected chi connectivity index (χ3v) is 3.36. The molecule has 19 heavy (non-hydrogen) atoms. The Hall–Kier alpha value is -2.37. The van der Waals surface area contributed by atoms with Crippen LogP contribution < -0.4 is 10.2 Å². The van der Waals surface area contributed by atoms with E-state index in [1.54, 1.807) is 4.68 Å². The van der Waals surface area contributed by atoms with Gasteiger partial charge in [-0.3, -0.25) is 19.7 Å². The Balaban J connectivity index is 2.13. The van der Waals surface area contributed by atoms with Crippen molar-refractivity contribution in [1.82, 2.24) is 15.1 Å². The molecular formula is C13H14N4O2. The summed E-state index contributed by atoms with van der Waals surface area (Å²) in [6.45, 7) is 2.37. The number of anilines is 1. The van der Waals surface area contributed by atoms with E-state index in [4.69, 9.17) is 0 Å². The molecular weight excluding hydrogens is 244 g/mol. The number of amides is 3. The standard InChI is InChI=1S/C13H14N4O2/c1-8-4-3-5-9-11(8)16(2)15-12(9)17-7-6-10(18)14-13(17)19/h3-5H,6-7H2,1-2H3,(H,14,18,19). The highest BCUT2D eigenvalue weighted by atomic mass is 16.2. The van der Waals surface area contributed by atoms with Crippen LogP contribution in [0.15, 0.2) is 18.2 Å². The van der Waals surface area contributed by atoms with Gasteiger partial charge in [0.15, 0.2) is 5.82 Å². The van der Waals surface area contributed by atoms with Crippen molar-refractivity contribution in [3.05, 3.63) is 23.8 Å². The van der Waals surface area contributed by atoms with Crippen LogP contribution >= 0.6 is 0 Å². The van der Waals surface area contributed by atoms with E-state index in [1.807, 2.05) is 32.2 Å². The van der Waals surface area contributed by atoms with Crippen LogP contribution in [-0.4, -0.2) is 28.3 Å². The number of fused-ring (bicyclic) bond motifs is 1. The minimum absolute atomic E-state index is 0.238. The second-order valence-corrected chi connectivity index (χ2v) is 4.67. The molecule has 6 nitrogen and oxygen atoms in total. The molecule has 1 N–H and O–H groups in total. The lowest BCUT2D eigenvalue weighted by Gasteiger charge is -2.24. The molecule has 0 radical (unpaired) electrons. The summed E-state index contributed by atoms with van der Waals surface area (Å²) in [5, 5.41) is 7.66. The second-order valence-electron chi connectivity index (χ2n) is 4.67. The molecule has 3 amide bonds. The number of carbonyl (C=O) groups excluding carboxylic acids is 2. The number of benzene rings is 1. The maximum atomic E-state index is 11.9. The number of rotatable bonds is 1. The summed E-state index contributed by atoms with van der Waals surface area (Å²) in [4.78, 5) is 24.6. The number of imide groups is 1. The molecule has 0 unspecified atom stereocenters. The molecule has 1 aromatic carbocycles. The van der Waals surface area contributed by atoms with Gasteiger partial charge in [0, 0.05) is 25.4 Å². The lowest BCUT2D eigenvalue weighted by molar-refractivity contribution is -0.120. The Labute approximate surface area is 110 Å². The van der Waals surface area contributed by atoms with Gasteiger partial charge in [-0.25, -0.2) is 4.79 Å². The highest BCUT2D eigenvalue weighted by molar-refractivity contribution is 6.09. The predicted molar refractivity (Wildman–Crippen MR) is 71.0 cm³/mol. The number of nitrogens with one attached hydrogen (secondary N) is 1.